The molecular weight excluding hydrogens is 593 g/mol. The lowest BCUT2D eigenvalue weighted by Gasteiger charge is -2.27. The van der Waals surface area contributed by atoms with Gasteiger partial charge >= 0.3 is 0 Å². The monoisotopic (exact) mass is 628 g/mol. The van der Waals surface area contributed by atoms with Crippen molar-refractivity contribution in [2.75, 3.05) is 13.1 Å². The van der Waals surface area contributed by atoms with E-state index in [1.165, 1.54) is 4.70 Å². The first-order valence-electron chi connectivity index (χ1n) is 16.0. The van der Waals surface area contributed by atoms with Gasteiger partial charge in [-0.1, -0.05) is 66.7 Å². The maximum Gasteiger partial charge on any atom is 0.247 e. The van der Waals surface area contributed by atoms with Crippen LogP contribution in [0.5, 0.6) is 0 Å². The standard InChI is InChI=1S/C37H36N6O2S/c44-35(24-14-16-38-17-15-24)43-37(19-29(37)28-22-46-33-13-7-5-11-27(28)33)36(45)42-31(18-25-20-39-30-12-6-4-10-26(25)30)34-40-21-32(41-34)23-8-2-1-3-9-23/h1-13,20-22,24,29,31,38-39H,14-19H2,(H,40,41)(H,42,45)(H,43,44)/t29-,31-,37?/m1/s1. The van der Waals surface area contributed by atoms with Gasteiger partial charge in [0.2, 0.25) is 11.8 Å². The number of aromatic amines is 2. The highest BCUT2D eigenvalue weighted by atomic mass is 32.1. The molecule has 1 aliphatic carbocycles. The zero-order valence-corrected chi connectivity index (χ0v) is 26.2. The molecule has 9 heteroatoms. The second-order valence-electron chi connectivity index (χ2n) is 12.6. The van der Waals surface area contributed by atoms with E-state index in [0.717, 1.165) is 64.6 Å². The van der Waals surface area contributed by atoms with Crippen LogP contribution in [-0.4, -0.2) is 45.4 Å². The summed E-state index contributed by atoms with van der Waals surface area (Å²) < 4.78 is 1.18. The van der Waals surface area contributed by atoms with E-state index < -0.39 is 11.6 Å². The largest absolute Gasteiger partial charge is 0.361 e. The quantitative estimate of drug-likeness (QED) is 0.131. The molecule has 8 nitrogen and oxygen atoms in total. The minimum absolute atomic E-state index is 0.0313. The van der Waals surface area contributed by atoms with Crippen molar-refractivity contribution in [3.05, 3.63) is 114 Å². The molecule has 1 unspecified atom stereocenters. The fourth-order valence-corrected chi connectivity index (χ4v) is 8.08. The minimum atomic E-state index is -1.03. The molecule has 2 fully saturated rings. The van der Waals surface area contributed by atoms with Gasteiger partial charge in [0.1, 0.15) is 11.4 Å². The van der Waals surface area contributed by atoms with Crippen molar-refractivity contribution < 1.29 is 9.59 Å². The molecule has 2 amide bonds. The van der Waals surface area contributed by atoms with Crippen LogP contribution in [0, 0.1) is 5.92 Å². The van der Waals surface area contributed by atoms with Gasteiger partial charge in [0.25, 0.3) is 0 Å². The molecule has 46 heavy (non-hydrogen) atoms. The Morgan fingerprint density at radius 3 is 2.57 bits per heavy atom. The number of carbonyl (C=O) groups is 2. The Morgan fingerprint density at radius 2 is 1.72 bits per heavy atom. The van der Waals surface area contributed by atoms with Gasteiger partial charge in [-0.3, -0.25) is 9.59 Å². The van der Waals surface area contributed by atoms with Crippen molar-refractivity contribution >= 4 is 44.1 Å². The number of fused-ring (bicyclic) bond motifs is 2. The molecule has 232 valence electrons. The number of thiophene rings is 1. The summed E-state index contributed by atoms with van der Waals surface area (Å²) in [5.41, 5.74) is 4.14. The van der Waals surface area contributed by atoms with Gasteiger partial charge in [-0.15, -0.1) is 11.3 Å². The molecule has 2 aliphatic rings. The Morgan fingerprint density at radius 1 is 0.957 bits per heavy atom. The van der Waals surface area contributed by atoms with Crippen LogP contribution < -0.4 is 16.0 Å². The van der Waals surface area contributed by atoms with Gasteiger partial charge in [0, 0.05) is 40.1 Å². The van der Waals surface area contributed by atoms with Crippen molar-refractivity contribution in [1.29, 1.82) is 0 Å². The molecule has 8 rings (SSSR count). The van der Waals surface area contributed by atoms with Crippen molar-refractivity contribution in [3.8, 4) is 11.3 Å². The first kappa shape index (κ1) is 28.7. The highest BCUT2D eigenvalue weighted by Crippen LogP contribution is 2.55. The molecule has 3 aromatic carbocycles. The van der Waals surface area contributed by atoms with E-state index in [0.29, 0.717) is 18.7 Å². The van der Waals surface area contributed by atoms with Gasteiger partial charge in [0.15, 0.2) is 0 Å². The van der Waals surface area contributed by atoms with Crippen LogP contribution in [-0.2, 0) is 16.0 Å². The van der Waals surface area contributed by atoms with E-state index in [2.05, 4.69) is 55.6 Å². The van der Waals surface area contributed by atoms with E-state index in [1.807, 2.05) is 67.0 Å². The second kappa shape index (κ2) is 11.9. The Labute approximate surface area is 271 Å². The first-order chi connectivity index (χ1) is 22.6. The molecular formula is C37H36N6O2S. The maximum atomic E-state index is 14.7. The van der Waals surface area contributed by atoms with Gasteiger partial charge in [-0.2, -0.15) is 0 Å². The smallest absolute Gasteiger partial charge is 0.247 e. The van der Waals surface area contributed by atoms with Gasteiger partial charge in [-0.05, 0) is 71.9 Å². The fourth-order valence-electron chi connectivity index (χ4n) is 7.06. The number of carbonyl (C=O) groups excluding carboxylic acids is 2. The summed E-state index contributed by atoms with van der Waals surface area (Å²) in [4.78, 5) is 40.0. The van der Waals surface area contributed by atoms with Crippen LogP contribution in [0.25, 0.3) is 32.2 Å². The number of amides is 2. The van der Waals surface area contributed by atoms with Gasteiger partial charge < -0.3 is 25.9 Å². The number of hydrogen-bond acceptors (Lipinski definition) is 5. The molecule has 0 spiro atoms. The number of imidazole rings is 1. The molecule has 5 N–H and O–H groups in total. The Balaban J connectivity index is 1.14. The summed E-state index contributed by atoms with van der Waals surface area (Å²) in [6, 6.07) is 26.1. The predicted molar refractivity (Wildman–Crippen MR) is 183 cm³/mol. The number of H-pyrrole nitrogens is 2. The summed E-state index contributed by atoms with van der Waals surface area (Å²) in [5, 5.41) is 14.4. The van der Waals surface area contributed by atoms with Crippen LogP contribution in [0.3, 0.4) is 0 Å². The summed E-state index contributed by atoms with van der Waals surface area (Å²) in [6.07, 6.45) is 6.47. The number of nitrogens with zero attached hydrogens (tertiary/aromatic N) is 1. The third-order valence-electron chi connectivity index (χ3n) is 9.72. The molecule has 0 bridgehead atoms. The number of benzene rings is 3. The number of hydrogen-bond donors (Lipinski definition) is 5. The highest BCUT2D eigenvalue weighted by Gasteiger charge is 2.62. The summed E-state index contributed by atoms with van der Waals surface area (Å²) in [5.74, 6) is 0.260. The van der Waals surface area contributed by atoms with Crippen molar-refractivity contribution in [2.45, 2.75) is 43.2 Å². The molecule has 1 aliphatic heterocycles. The topological polar surface area (TPSA) is 115 Å². The van der Waals surface area contributed by atoms with E-state index >= 15 is 0 Å². The lowest BCUT2D eigenvalue weighted by atomic mass is 9.95. The van der Waals surface area contributed by atoms with Crippen LogP contribution in [0.15, 0.2) is 96.6 Å². The molecule has 6 aromatic rings. The third-order valence-corrected chi connectivity index (χ3v) is 10.7. The van der Waals surface area contributed by atoms with Gasteiger partial charge in [-0.25, -0.2) is 4.98 Å². The second-order valence-corrected chi connectivity index (χ2v) is 13.5. The van der Waals surface area contributed by atoms with E-state index in [1.54, 1.807) is 11.3 Å². The predicted octanol–water partition coefficient (Wildman–Crippen LogP) is 6.21. The van der Waals surface area contributed by atoms with Crippen molar-refractivity contribution in [3.63, 3.8) is 0 Å². The zero-order chi connectivity index (χ0) is 31.1. The average molecular weight is 629 g/mol. The zero-order valence-electron chi connectivity index (χ0n) is 25.4. The third kappa shape index (κ3) is 5.29. The number of aromatic nitrogens is 3. The average Bonchev–Trinajstić information content (AvgIpc) is 3.48. The van der Waals surface area contributed by atoms with Crippen LogP contribution in [0.1, 0.15) is 48.2 Å². The lowest BCUT2D eigenvalue weighted by Crippen LogP contribution is -2.53. The van der Waals surface area contributed by atoms with Gasteiger partial charge in [0.05, 0.1) is 17.9 Å². The highest BCUT2D eigenvalue weighted by molar-refractivity contribution is 7.17. The first-order valence-corrected chi connectivity index (χ1v) is 16.9. The van der Waals surface area contributed by atoms with Crippen LogP contribution in [0.2, 0.25) is 0 Å². The SMILES string of the molecule is O=C(NC1(C(=O)N[C@H](Cc2c[nH]c3ccccc23)c2ncc(-c3ccccc3)[nH]2)C[C@@H]1c1csc2ccccc12)C1CCNCC1. The summed E-state index contributed by atoms with van der Waals surface area (Å²) in [6.45, 7) is 1.62. The molecule has 0 radical (unpaired) electrons. The van der Waals surface area contributed by atoms with E-state index in [4.69, 9.17) is 4.98 Å². The fraction of sp³-hybridized carbons (Fsp3) is 0.270. The van der Waals surface area contributed by atoms with Crippen LogP contribution in [0.4, 0.5) is 0 Å². The van der Waals surface area contributed by atoms with Crippen molar-refractivity contribution in [1.82, 2.24) is 30.9 Å². The maximum absolute atomic E-state index is 14.7. The summed E-state index contributed by atoms with van der Waals surface area (Å²) in [7, 11) is 0. The molecule has 3 atom stereocenters. The molecule has 4 heterocycles. The lowest BCUT2D eigenvalue weighted by molar-refractivity contribution is -0.133. The Hall–Kier alpha value is -4.73. The minimum Gasteiger partial charge on any atom is -0.361 e. The Kier molecular flexibility index (Phi) is 7.42. The normalized spacial score (nSPS) is 20.5. The molecule has 1 saturated carbocycles. The number of para-hydroxylation sites is 1. The van der Waals surface area contributed by atoms with E-state index in [9.17, 15) is 9.59 Å². The molecule has 3 aromatic heterocycles. The number of nitrogens with one attached hydrogen (secondary N) is 5. The summed E-state index contributed by atoms with van der Waals surface area (Å²) >= 11 is 1.69. The van der Waals surface area contributed by atoms with Crippen molar-refractivity contribution in [2.24, 2.45) is 5.92 Å². The molecule has 1 saturated heterocycles. The Bertz CT molecular complexity index is 2020. The number of rotatable bonds is 9. The number of piperidine rings is 1. The van der Waals surface area contributed by atoms with E-state index in [-0.39, 0.29) is 23.7 Å². The van der Waals surface area contributed by atoms with Crippen LogP contribution >= 0.6 is 11.3 Å².